The largest absolute Gasteiger partial charge is 0.467 e. The van der Waals surface area contributed by atoms with Crippen LogP contribution in [0, 0.1) is 0 Å². The number of fused-ring (bicyclic) bond motifs is 1. The summed E-state index contributed by atoms with van der Waals surface area (Å²) < 4.78 is 7.54. The minimum Gasteiger partial charge on any atom is -0.467 e. The molecule has 0 saturated carbocycles. The van der Waals surface area contributed by atoms with Gasteiger partial charge in [0.15, 0.2) is 0 Å². The normalized spacial score (nSPS) is 11.2. The first-order valence-corrected chi connectivity index (χ1v) is 6.10. The zero-order valence-electron chi connectivity index (χ0n) is 10.4. The molecule has 0 atom stereocenters. The lowest BCUT2D eigenvalue weighted by molar-refractivity contribution is 0.509. The van der Waals surface area contributed by atoms with Crippen LogP contribution in [0.3, 0.4) is 0 Å². The van der Waals surface area contributed by atoms with Gasteiger partial charge in [-0.25, -0.2) is 0 Å². The predicted molar refractivity (Wildman–Crippen MR) is 73.4 cm³/mol. The van der Waals surface area contributed by atoms with Crippen LogP contribution in [0.5, 0.6) is 0 Å². The van der Waals surface area contributed by atoms with Gasteiger partial charge in [0.05, 0.1) is 5.69 Å². The minimum atomic E-state index is 0.697. The smallest absolute Gasteiger partial charge is 0.114 e. The van der Waals surface area contributed by atoms with Crippen LogP contribution >= 0.6 is 0 Å². The van der Waals surface area contributed by atoms with E-state index in [2.05, 4.69) is 42.1 Å². The number of anilines is 1. The van der Waals surface area contributed by atoms with Gasteiger partial charge in [0.2, 0.25) is 0 Å². The summed E-state index contributed by atoms with van der Waals surface area (Å²) >= 11 is 0. The molecule has 92 valence electrons. The molecule has 2 N–H and O–H groups in total. The highest BCUT2D eigenvalue weighted by Crippen LogP contribution is 2.22. The number of nitrogens with zero attached hydrogens (tertiary/aromatic N) is 1. The summed E-state index contributed by atoms with van der Waals surface area (Å²) in [6, 6.07) is 10.4. The molecule has 0 aliphatic rings. The monoisotopic (exact) mass is 240 g/mol. The molecule has 3 heteroatoms. The molecule has 0 aliphatic heterocycles. The first-order valence-electron chi connectivity index (χ1n) is 6.10. The van der Waals surface area contributed by atoms with Crippen LogP contribution in [0.1, 0.15) is 11.3 Å². The fourth-order valence-corrected chi connectivity index (χ4v) is 2.41. The van der Waals surface area contributed by atoms with Crippen molar-refractivity contribution in [3.63, 3.8) is 0 Å². The number of aromatic nitrogens is 1. The molecular formula is C15H16N2O. The number of furan rings is 1. The van der Waals surface area contributed by atoms with Gasteiger partial charge in [0.1, 0.15) is 12.0 Å². The molecule has 0 spiro atoms. The maximum atomic E-state index is 5.64. The van der Waals surface area contributed by atoms with E-state index in [-0.39, 0.29) is 0 Å². The van der Waals surface area contributed by atoms with Crippen LogP contribution in [-0.2, 0) is 19.9 Å². The van der Waals surface area contributed by atoms with Gasteiger partial charge in [-0.1, -0.05) is 18.2 Å². The topological polar surface area (TPSA) is 44.1 Å². The number of aryl methyl sites for hydroxylation is 3. The minimum absolute atomic E-state index is 0.697. The molecule has 0 bridgehead atoms. The number of benzene rings is 1. The lowest BCUT2D eigenvalue weighted by Crippen LogP contribution is -1.88. The third kappa shape index (κ3) is 1.88. The molecule has 0 radical (unpaired) electrons. The molecule has 2 heterocycles. The number of nitrogens with two attached hydrogens (primary N) is 1. The van der Waals surface area contributed by atoms with Crippen LogP contribution < -0.4 is 5.73 Å². The Bertz CT molecular complexity index is 679. The van der Waals surface area contributed by atoms with Crippen LogP contribution in [-0.4, -0.2) is 4.57 Å². The van der Waals surface area contributed by atoms with Gasteiger partial charge in [0, 0.05) is 36.6 Å². The summed E-state index contributed by atoms with van der Waals surface area (Å²) in [4.78, 5) is 0. The summed E-state index contributed by atoms with van der Waals surface area (Å²) in [5.41, 5.74) is 8.96. The number of rotatable bonds is 3. The van der Waals surface area contributed by atoms with E-state index in [1.807, 2.05) is 6.07 Å². The van der Waals surface area contributed by atoms with Gasteiger partial charge in [0.25, 0.3) is 0 Å². The fraction of sp³-hybridized carbons (Fsp3) is 0.200. The van der Waals surface area contributed by atoms with Crippen molar-refractivity contribution in [2.24, 2.45) is 7.05 Å². The van der Waals surface area contributed by atoms with Gasteiger partial charge >= 0.3 is 0 Å². The van der Waals surface area contributed by atoms with E-state index < -0.39 is 0 Å². The van der Waals surface area contributed by atoms with Crippen molar-refractivity contribution in [1.82, 2.24) is 4.57 Å². The van der Waals surface area contributed by atoms with E-state index in [1.165, 1.54) is 16.5 Å². The average molecular weight is 240 g/mol. The average Bonchev–Trinajstić information content (AvgIpc) is 2.92. The SMILES string of the molecule is Cn1cc(CCc2cc(N)co2)c2ccccc21. The van der Waals surface area contributed by atoms with Gasteiger partial charge in [-0.15, -0.1) is 0 Å². The Labute approximate surface area is 106 Å². The Morgan fingerprint density at radius 1 is 1.22 bits per heavy atom. The number of hydrogen-bond acceptors (Lipinski definition) is 2. The van der Waals surface area contributed by atoms with Gasteiger partial charge in [-0.05, 0) is 18.1 Å². The molecule has 3 rings (SSSR count). The third-order valence-corrected chi connectivity index (χ3v) is 3.29. The molecule has 3 aromatic rings. The molecule has 18 heavy (non-hydrogen) atoms. The zero-order valence-corrected chi connectivity index (χ0v) is 10.4. The Morgan fingerprint density at radius 3 is 2.83 bits per heavy atom. The Balaban J connectivity index is 1.86. The highest BCUT2D eigenvalue weighted by atomic mass is 16.3. The Morgan fingerprint density at radius 2 is 2.06 bits per heavy atom. The van der Waals surface area contributed by atoms with E-state index in [4.69, 9.17) is 10.2 Å². The molecule has 1 aromatic carbocycles. The number of nitrogen functional groups attached to an aromatic ring is 1. The lowest BCUT2D eigenvalue weighted by Gasteiger charge is -1.97. The van der Waals surface area contributed by atoms with Crippen molar-refractivity contribution in [3.8, 4) is 0 Å². The lowest BCUT2D eigenvalue weighted by atomic mass is 10.1. The molecule has 2 aromatic heterocycles. The van der Waals surface area contributed by atoms with Crippen molar-refractivity contribution in [2.75, 3.05) is 5.73 Å². The Hall–Kier alpha value is -2.16. The molecule has 0 fully saturated rings. The summed E-state index contributed by atoms with van der Waals surface area (Å²) in [6.45, 7) is 0. The van der Waals surface area contributed by atoms with E-state index in [9.17, 15) is 0 Å². The standard InChI is InChI=1S/C15H16N2O/c1-17-9-11(14-4-2-3-5-15(14)17)6-7-13-8-12(16)10-18-13/h2-5,8-10H,6-7,16H2,1H3. The molecule has 0 amide bonds. The van der Waals surface area contributed by atoms with Crippen molar-refractivity contribution in [3.05, 3.63) is 54.1 Å². The van der Waals surface area contributed by atoms with Crippen LogP contribution in [0.15, 0.2) is 47.2 Å². The first-order chi connectivity index (χ1) is 8.74. The Kier molecular flexibility index (Phi) is 2.59. The van der Waals surface area contributed by atoms with Crippen molar-refractivity contribution < 1.29 is 4.42 Å². The number of hydrogen-bond donors (Lipinski definition) is 1. The predicted octanol–water partition coefficient (Wildman–Crippen LogP) is 3.14. The fourth-order valence-electron chi connectivity index (χ4n) is 2.41. The van der Waals surface area contributed by atoms with Gasteiger partial charge in [-0.2, -0.15) is 0 Å². The maximum absolute atomic E-state index is 5.64. The molecule has 3 nitrogen and oxygen atoms in total. The molecule has 0 saturated heterocycles. The van der Waals surface area contributed by atoms with E-state index >= 15 is 0 Å². The summed E-state index contributed by atoms with van der Waals surface area (Å²) in [5.74, 6) is 0.945. The molecule has 0 aliphatic carbocycles. The van der Waals surface area contributed by atoms with Gasteiger partial charge < -0.3 is 14.7 Å². The van der Waals surface area contributed by atoms with Crippen molar-refractivity contribution >= 4 is 16.6 Å². The van der Waals surface area contributed by atoms with E-state index in [0.29, 0.717) is 5.69 Å². The summed E-state index contributed by atoms with van der Waals surface area (Å²) in [7, 11) is 2.08. The second kappa shape index (κ2) is 4.26. The first kappa shape index (κ1) is 11.0. The second-order valence-electron chi connectivity index (χ2n) is 4.63. The van der Waals surface area contributed by atoms with Gasteiger partial charge in [-0.3, -0.25) is 0 Å². The van der Waals surface area contributed by atoms with Crippen molar-refractivity contribution in [2.45, 2.75) is 12.8 Å². The maximum Gasteiger partial charge on any atom is 0.114 e. The summed E-state index contributed by atoms with van der Waals surface area (Å²) in [6.07, 6.45) is 5.63. The third-order valence-electron chi connectivity index (χ3n) is 3.29. The quantitative estimate of drug-likeness (QED) is 0.764. The van der Waals surface area contributed by atoms with E-state index in [0.717, 1.165) is 18.6 Å². The second-order valence-corrected chi connectivity index (χ2v) is 4.63. The zero-order chi connectivity index (χ0) is 12.5. The highest BCUT2D eigenvalue weighted by Gasteiger charge is 2.07. The summed E-state index contributed by atoms with van der Waals surface area (Å²) in [5, 5.41) is 1.32. The number of para-hydroxylation sites is 1. The van der Waals surface area contributed by atoms with Crippen LogP contribution in [0.4, 0.5) is 5.69 Å². The molecular weight excluding hydrogens is 224 g/mol. The van der Waals surface area contributed by atoms with E-state index in [1.54, 1.807) is 6.26 Å². The van der Waals surface area contributed by atoms with Crippen LogP contribution in [0.2, 0.25) is 0 Å². The molecule has 0 unspecified atom stereocenters. The van der Waals surface area contributed by atoms with Crippen molar-refractivity contribution in [1.29, 1.82) is 0 Å². The van der Waals surface area contributed by atoms with Crippen LogP contribution in [0.25, 0.3) is 10.9 Å². The highest BCUT2D eigenvalue weighted by molar-refractivity contribution is 5.83.